The van der Waals surface area contributed by atoms with Crippen molar-refractivity contribution < 1.29 is 24.5 Å². The van der Waals surface area contributed by atoms with Gasteiger partial charge < -0.3 is 20.3 Å². The fourth-order valence-electron chi connectivity index (χ4n) is 0.976. The lowest BCUT2D eigenvalue weighted by molar-refractivity contribution is -0.154. The lowest BCUT2D eigenvalue weighted by Gasteiger charge is -2.37. The van der Waals surface area contributed by atoms with Gasteiger partial charge in [-0.25, -0.2) is 9.59 Å². The number of ether oxygens (including phenoxy) is 1. The third-order valence-electron chi connectivity index (χ3n) is 2.40. The summed E-state index contributed by atoms with van der Waals surface area (Å²) in [5.74, 6) is -1.34. The lowest BCUT2D eigenvalue weighted by atomic mass is 9.84. The third-order valence-corrected chi connectivity index (χ3v) is 2.40. The maximum absolute atomic E-state index is 11.5. The molecule has 0 saturated carbocycles. The van der Waals surface area contributed by atoms with Gasteiger partial charge in [0.2, 0.25) is 0 Å². The average Bonchev–Trinajstić information content (AvgIpc) is 1.96. The van der Waals surface area contributed by atoms with Gasteiger partial charge in [0, 0.05) is 0 Å². The molecule has 0 aliphatic carbocycles. The number of carboxylic acid groups (broad SMARTS) is 1. The van der Waals surface area contributed by atoms with Crippen molar-refractivity contribution in [3.05, 3.63) is 0 Å². The van der Waals surface area contributed by atoms with Crippen LogP contribution < -0.4 is 5.32 Å². The second-order valence-corrected chi connectivity index (χ2v) is 5.62. The Hall–Kier alpha value is -1.30. The number of aliphatic hydroxyl groups is 1. The third kappa shape index (κ3) is 4.22. The molecule has 1 atom stereocenters. The molecule has 0 aromatic heterocycles. The van der Waals surface area contributed by atoms with E-state index in [-0.39, 0.29) is 0 Å². The largest absolute Gasteiger partial charge is 0.479 e. The predicted molar refractivity (Wildman–Crippen MR) is 61.7 cm³/mol. The van der Waals surface area contributed by atoms with Crippen LogP contribution in [0.2, 0.25) is 0 Å². The second kappa shape index (κ2) is 4.52. The van der Waals surface area contributed by atoms with Crippen LogP contribution in [0.15, 0.2) is 0 Å². The maximum atomic E-state index is 11.5. The van der Waals surface area contributed by atoms with Gasteiger partial charge in [-0.15, -0.1) is 0 Å². The first-order valence-electron chi connectivity index (χ1n) is 5.26. The smallest absolute Gasteiger partial charge is 0.408 e. The number of nitrogens with one attached hydrogen (secondary N) is 1. The van der Waals surface area contributed by atoms with Crippen molar-refractivity contribution >= 4 is 12.1 Å². The summed E-state index contributed by atoms with van der Waals surface area (Å²) >= 11 is 0. The Bertz CT molecular complexity index is 313. The Kier molecular flexibility index (Phi) is 4.18. The van der Waals surface area contributed by atoms with Gasteiger partial charge in [0.15, 0.2) is 5.54 Å². The molecule has 0 aliphatic heterocycles. The first-order chi connectivity index (χ1) is 7.29. The van der Waals surface area contributed by atoms with Crippen LogP contribution in [-0.2, 0) is 9.53 Å². The topological polar surface area (TPSA) is 95.9 Å². The van der Waals surface area contributed by atoms with E-state index in [1.54, 1.807) is 20.8 Å². The molecule has 1 unspecified atom stereocenters. The highest BCUT2D eigenvalue weighted by atomic mass is 16.6. The van der Waals surface area contributed by atoms with E-state index in [1.165, 1.54) is 20.8 Å². The molecule has 0 fully saturated rings. The zero-order chi connectivity index (χ0) is 14.1. The van der Waals surface area contributed by atoms with Crippen molar-refractivity contribution in [1.29, 1.82) is 0 Å². The van der Waals surface area contributed by atoms with Crippen LogP contribution in [0.5, 0.6) is 0 Å². The van der Waals surface area contributed by atoms with Crippen LogP contribution in [0.1, 0.15) is 41.5 Å². The number of alkyl carbamates (subject to hydrolysis) is 1. The minimum absolute atomic E-state index is 0.733. The SMILES string of the molecule is CC(C)(C)OC(=O)NC(C)(C(=O)O)C(C)(C)O. The summed E-state index contributed by atoms with van der Waals surface area (Å²) in [6, 6.07) is 0. The van der Waals surface area contributed by atoms with Crippen molar-refractivity contribution in [3.63, 3.8) is 0 Å². The molecule has 1 amide bonds. The van der Waals surface area contributed by atoms with Gasteiger partial charge in [-0.1, -0.05) is 0 Å². The highest BCUT2D eigenvalue weighted by Crippen LogP contribution is 2.22. The summed E-state index contributed by atoms with van der Waals surface area (Å²) in [6.07, 6.45) is -0.885. The Morgan fingerprint density at radius 3 is 1.71 bits per heavy atom. The summed E-state index contributed by atoms with van der Waals surface area (Å²) in [7, 11) is 0. The molecule has 0 heterocycles. The van der Waals surface area contributed by atoms with E-state index < -0.39 is 28.8 Å². The van der Waals surface area contributed by atoms with E-state index in [0.717, 1.165) is 0 Å². The average molecular weight is 247 g/mol. The second-order valence-electron chi connectivity index (χ2n) is 5.62. The molecule has 0 aromatic carbocycles. The zero-order valence-corrected chi connectivity index (χ0v) is 11.1. The summed E-state index contributed by atoms with van der Waals surface area (Å²) in [4.78, 5) is 22.7. The molecule has 0 aliphatic rings. The fraction of sp³-hybridized carbons (Fsp3) is 0.818. The number of amides is 1. The van der Waals surface area contributed by atoms with Crippen molar-refractivity contribution in [2.75, 3.05) is 0 Å². The number of aliphatic carboxylic acids is 1. The lowest BCUT2D eigenvalue weighted by Crippen LogP contribution is -2.65. The molecule has 6 nitrogen and oxygen atoms in total. The summed E-state index contributed by atoms with van der Waals surface area (Å²) < 4.78 is 4.95. The van der Waals surface area contributed by atoms with E-state index >= 15 is 0 Å². The zero-order valence-electron chi connectivity index (χ0n) is 11.1. The number of carbonyl (C=O) groups is 2. The number of hydrogen-bond acceptors (Lipinski definition) is 4. The highest BCUT2D eigenvalue weighted by molar-refractivity contribution is 5.85. The number of carbonyl (C=O) groups excluding carboxylic acids is 1. The molecule has 0 bridgehead atoms. The first-order valence-corrected chi connectivity index (χ1v) is 5.26. The molecule has 100 valence electrons. The number of hydrogen-bond donors (Lipinski definition) is 3. The Morgan fingerprint density at radius 1 is 1.06 bits per heavy atom. The van der Waals surface area contributed by atoms with Gasteiger partial charge in [-0.3, -0.25) is 0 Å². The monoisotopic (exact) mass is 247 g/mol. The summed E-state index contributed by atoms with van der Waals surface area (Å²) in [5, 5.41) is 21.1. The van der Waals surface area contributed by atoms with Crippen molar-refractivity contribution in [2.45, 2.75) is 58.3 Å². The van der Waals surface area contributed by atoms with Gasteiger partial charge in [-0.05, 0) is 41.5 Å². The fourth-order valence-corrected chi connectivity index (χ4v) is 0.976. The molecule has 0 aromatic rings. The van der Waals surface area contributed by atoms with Gasteiger partial charge in [0.05, 0.1) is 5.60 Å². The van der Waals surface area contributed by atoms with Gasteiger partial charge >= 0.3 is 12.1 Å². The van der Waals surface area contributed by atoms with E-state index in [1.807, 2.05) is 0 Å². The van der Waals surface area contributed by atoms with E-state index in [2.05, 4.69) is 5.32 Å². The molecule has 0 radical (unpaired) electrons. The maximum Gasteiger partial charge on any atom is 0.408 e. The van der Waals surface area contributed by atoms with Crippen LogP contribution in [0.3, 0.4) is 0 Å². The predicted octanol–water partition coefficient (Wildman–Crippen LogP) is 1.13. The minimum atomic E-state index is -1.82. The van der Waals surface area contributed by atoms with E-state index in [9.17, 15) is 14.7 Å². The van der Waals surface area contributed by atoms with Crippen LogP contribution in [0, 0.1) is 0 Å². The molecular weight excluding hydrogens is 226 g/mol. The molecule has 3 N–H and O–H groups in total. The van der Waals surface area contributed by atoms with Crippen LogP contribution in [0.4, 0.5) is 4.79 Å². The van der Waals surface area contributed by atoms with Gasteiger partial charge in [-0.2, -0.15) is 0 Å². The molecule has 0 spiro atoms. The molecular formula is C11H21NO5. The quantitative estimate of drug-likeness (QED) is 0.694. The summed E-state index contributed by atoms with van der Waals surface area (Å²) in [5.41, 5.74) is -4.19. The van der Waals surface area contributed by atoms with Crippen molar-refractivity contribution in [2.24, 2.45) is 0 Å². The van der Waals surface area contributed by atoms with Crippen molar-refractivity contribution in [3.8, 4) is 0 Å². The Balaban J connectivity index is 4.93. The van der Waals surface area contributed by atoms with Gasteiger partial charge in [0.25, 0.3) is 0 Å². The standard InChI is InChI=1S/C11H21NO5/c1-9(2,3)17-8(15)12-11(6,7(13)14)10(4,5)16/h16H,1-6H3,(H,12,15)(H,13,14). The Labute approximate surface area is 101 Å². The van der Waals surface area contributed by atoms with Gasteiger partial charge in [0.1, 0.15) is 5.60 Å². The molecule has 6 heteroatoms. The number of carboxylic acids is 1. The van der Waals surface area contributed by atoms with Crippen molar-refractivity contribution in [1.82, 2.24) is 5.32 Å². The summed E-state index contributed by atoms with van der Waals surface area (Å²) in [6.45, 7) is 8.81. The molecule has 0 rings (SSSR count). The first kappa shape index (κ1) is 15.7. The van der Waals surface area contributed by atoms with E-state index in [0.29, 0.717) is 0 Å². The van der Waals surface area contributed by atoms with E-state index in [4.69, 9.17) is 9.84 Å². The minimum Gasteiger partial charge on any atom is -0.479 e. The normalized spacial score (nSPS) is 15.9. The van der Waals surface area contributed by atoms with Crippen LogP contribution >= 0.6 is 0 Å². The molecule has 17 heavy (non-hydrogen) atoms. The highest BCUT2D eigenvalue weighted by Gasteiger charge is 2.48. The molecule has 0 saturated heterocycles. The Morgan fingerprint density at radius 2 is 1.47 bits per heavy atom. The number of rotatable bonds is 3. The van der Waals surface area contributed by atoms with Crippen LogP contribution in [-0.4, -0.2) is 39.0 Å². The van der Waals surface area contributed by atoms with Crippen LogP contribution in [0.25, 0.3) is 0 Å².